The molecule has 12 heavy (non-hydrogen) atoms. The van der Waals surface area contributed by atoms with Gasteiger partial charge in [0.2, 0.25) is 11.8 Å². The Morgan fingerprint density at radius 3 is 2.83 bits per heavy atom. The summed E-state index contributed by atoms with van der Waals surface area (Å²) in [6.07, 6.45) is 3.91. The molecule has 2 rings (SSSR count). The van der Waals surface area contributed by atoms with Gasteiger partial charge in [0.05, 0.1) is 11.3 Å². The topological polar surface area (TPSA) is 46.2 Å². The standard InChI is InChI=1S/C9H13NO2/c1-9-5-3-2-4-6(9)7(11)10-8(9)12/h6H,2-5H2,1H3,(H,10,11,12). The molecule has 1 aliphatic carbocycles. The molecule has 2 aliphatic rings. The highest BCUT2D eigenvalue weighted by Crippen LogP contribution is 2.44. The summed E-state index contributed by atoms with van der Waals surface area (Å²) in [6.45, 7) is 1.91. The molecule has 0 bridgehead atoms. The van der Waals surface area contributed by atoms with Crippen LogP contribution in [0, 0.1) is 11.3 Å². The summed E-state index contributed by atoms with van der Waals surface area (Å²) in [5.41, 5.74) is -0.380. The molecule has 2 fully saturated rings. The van der Waals surface area contributed by atoms with Crippen LogP contribution in [-0.4, -0.2) is 11.8 Å². The van der Waals surface area contributed by atoms with E-state index in [2.05, 4.69) is 5.32 Å². The predicted octanol–water partition coefficient (Wildman–Crippen LogP) is 0.839. The van der Waals surface area contributed by atoms with Gasteiger partial charge in [0.1, 0.15) is 0 Å². The zero-order chi connectivity index (χ0) is 8.77. The van der Waals surface area contributed by atoms with Crippen LogP contribution in [0.2, 0.25) is 0 Å². The normalized spacial score (nSPS) is 40.9. The fourth-order valence-corrected chi connectivity index (χ4v) is 2.37. The number of carbonyl (C=O) groups excluding carboxylic acids is 2. The first-order chi connectivity index (χ1) is 5.64. The zero-order valence-corrected chi connectivity index (χ0v) is 7.22. The molecule has 0 radical (unpaired) electrons. The van der Waals surface area contributed by atoms with E-state index >= 15 is 0 Å². The summed E-state index contributed by atoms with van der Waals surface area (Å²) in [5.74, 6) is -0.154. The summed E-state index contributed by atoms with van der Waals surface area (Å²) in [6, 6.07) is 0. The Labute approximate surface area is 71.5 Å². The molecular formula is C9H13NO2. The van der Waals surface area contributed by atoms with E-state index in [1.165, 1.54) is 0 Å². The maximum Gasteiger partial charge on any atom is 0.233 e. The van der Waals surface area contributed by atoms with Crippen LogP contribution in [0.4, 0.5) is 0 Å². The molecule has 2 atom stereocenters. The van der Waals surface area contributed by atoms with Crippen LogP contribution in [0.15, 0.2) is 0 Å². The smallest absolute Gasteiger partial charge is 0.233 e. The fraction of sp³-hybridized carbons (Fsp3) is 0.778. The molecule has 1 saturated heterocycles. The molecule has 3 heteroatoms. The molecule has 0 spiro atoms. The molecule has 3 nitrogen and oxygen atoms in total. The van der Waals surface area contributed by atoms with E-state index < -0.39 is 0 Å². The minimum absolute atomic E-state index is 0.0428. The van der Waals surface area contributed by atoms with Crippen molar-refractivity contribution in [1.82, 2.24) is 5.32 Å². The molecule has 0 aromatic carbocycles. The molecule has 66 valence electrons. The predicted molar refractivity (Wildman–Crippen MR) is 43.2 cm³/mol. The average molecular weight is 167 g/mol. The number of nitrogens with one attached hydrogen (secondary N) is 1. The highest BCUT2D eigenvalue weighted by atomic mass is 16.2. The molecule has 1 N–H and O–H groups in total. The van der Waals surface area contributed by atoms with Crippen molar-refractivity contribution in [3.8, 4) is 0 Å². The van der Waals surface area contributed by atoms with Crippen LogP contribution in [0.5, 0.6) is 0 Å². The second-order valence-electron chi connectivity index (χ2n) is 4.03. The van der Waals surface area contributed by atoms with Gasteiger partial charge < -0.3 is 0 Å². The highest BCUT2D eigenvalue weighted by Gasteiger charge is 2.52. The van der Waals surface area contributed by atoms with Gasteiger partial charge in [-0.25, -0.2) is 0 Å². The first kappa shape index (κ1) is 7.77. The SMILES string of the molecule is CC12CCCCC1C(=O)NC2=O. The fourth-order valence-electron chi connectivity index (χ4n) is 2.37. The average Bonchev–Trinajstić information content (AvgIpc) is 2.25. The molecule has 2 amide bonds. The van der Waals surface area contributed by atoms with Gasteiger partial charge in [0.15, 0.2) is 0 Å². The second-order valence-corrected chi connectivity index (χ2v) is 4.03. The Balaban J connectivity index is 2.33. The molecule has 1 heterocycles. The van der Waals surface area contributed by atoms with Crippen LogP contribution in [0.1, 0.15) is 32.6 Å². The number of imide groups is 1. The quantitative estimate of drug-likeness (QED) is 0.543. The Bertz CT molecular complexity index is 249. The minimum atomic E-state index is -0.380. The molecule has 0 aromatic heterocycles. The summed E-state index contributed by atoms with van der Waals surface area (Å²) in [4.78, 5) is 22.7. The van der Waals surface area contributed by atoms with Gasteiger partial charge in [-0.3, -0.25) is 14.9 Å². The minimum Gasteiger partial charge on any atom is -0.296 e. The van der Waals surface area contributed by atoms with E-state index in [-0.39, 0.29) is 23.1 Å². The van der Waals surface area contributed by atoms with Crippen molar-refractivity contribution in [2.45, 2.75) is 32.6 Å². The Hall–Kier alpha value is -0.860. The molecule has 0 aromatic rings. The maximum absolute atomic E-state index is 11.4. The van der Waals surface area contributed by atoms with Crippen LogP contribution < -0.4 is 5.32 Å². The maximum atomic E-state index is 11.4. The summed E-state index contributed by atoms with van der Waals surface area (Å²) < 4.78 is 0. The van der Waals surface area contributed by atoms with Gasteiger partial charge >= 0.3 is 0 Å². The van der Waals surface area contributed by atoms with Crippen molar-refractivity contribution in [1.29, 1.82) is 0 Å². The van der Waals surface area contributed by atoms with E-state index in [1.54, 1.807) is 0 Å². The van der Waals surface area contributed by atoms with Crippen LogP contribution in [0.25, 0.3) is 0 Å². The third kappa shape index (κ3) is 0.822. The van der Waals surface area contributed by atoms with Crippen LogP contribution >= 0.6 is 0 Å². The number of hydrogen-bond acceptors (Lipinski definition) is 2. The van der Waals surface area contributed by atoms with Crippen molar-refractivity contribution in [3.05, 3.63) is 0 Å². The monoisotopic (exact) mass is 167 g/mol. The van der Waals surface area contributed by atoms with E-state index in [4.69, 9.17) is 0 Å². The summed E-state index contributed by atoms with van der Waals surface area (Å²) in [7, 11) is 0. The van der Waals surface area contributed by atoms with Crippen molar-refractivity contribution < 1.29 is 9.59 Å². The molecule has 1 saturated carbocycles. The molecular weight excluding hydrogens is 154 g/mol. The van der Waals surface area contributed by atoms with Crippen molar-refractivity contribution in [3.63, 3.8) is 0 Å². The lowest BCUT2D eigenvalue weighted by Crippen LogP contribution is -2.34. The van der Waals surface area contributed by atoms with Gasteiger partial charge in [-0.05, 0) is 19.8 Å². The lowest BCUT2D eigenvalue weighted by atomic mass is 9.69. The van der Waals surface area contributed by atoms with Crippen molar-refractivity contribution >= 4 is 11.8 Å². The van der Waals surface area contributed by atoms with Gasteiger partial charge in [-0.1, -0.05) is 12.8 Å². The summed E-state index contributed by atoms with van der Waals surface area (Å²) in [5, 5.41) is 2.42. The van der Waals surface area contributed by atoms with E-state index in [1.807, 2.05) is 6.92 Å². The van der Waals surface area contributed by atoms with E-state index in [9.17, 15) is 9.59 Å². The van der Waals surface area contributed by atoms with Crippen LogP contribution in [0.3, 0.4) is 0 Å². The number of carbonyl (C=O) groups is 2. The number of amides is 2. The van der Waals surface area contributed by atoms with E-state index in [0.29, 0.717) is 0 Å². The Morgan fingerprint density at radius 1 is 1.42 bits per heavy atom. The third-order valence-electron chi connectivity index (χ3n) is 3.28. The molecule has 1 aliphatic heterocycles. The number of fused-ring (bicyclic) bond motifs is 1. The van der Waals surface area contributed by atoms with Crippen molar-refractivity contribution in [2.75, 3.05) is 0 Å². The lowest BCUT2D eigenvalue weighted by molar-refractivity contribution is -0.129. The Morgan fingerprint density at radius 2 is 2.17 bits per heavy atom. The Kier molecular flexibility index (Phi) is 1.50. The lowest BCUT2D eigenvalue weighted by Gasteiger charge is -2.31. The second kappa shape index (κ2) is 2.31. The largest absolute Gasteiger partial charge is 0.296 e. The van der Waals surface area contributed by atoms with Crippen LogP contribution in [-0.2, 0) is 9.59 Å². The molecule has 2 unspecified atom stereocenters. The highest BCUT2D eigenvalue weighted by molar-refractivity contribution is 6.07. The number of hydrogen-bond donors (Lipinski definition) is 1. The van der Waals surface area contributed by atoms with Gasteiger partial charge in [-0.15, -0.1) is 0 Å². The van der Waals surface area contributed by atoms with E-state index in [0.717, 1.165) is 25.7 Å². The third-order valence-corrected chi connectivity index (χ3v) is 3.28. The van der Waals surface area contributed by atoms with Crippen molar-refractivity contribution in [2.24, 2.45) is 11.3 Å². The van der Waals surface area contributed by atoms with Gasteiger partial charge in [0.25, 0.3) is 0 Å². The summed E-state index contributed by atoms with van der Waals surface area (Å²) >= 11 is 0. The van der Waals surface area contributed by atoms with Gasteiger partial charge in [-0.2, -0.15) is 0 Å². The first-order valence-corrected chi connectivity index (χ1v) is 4.50. The van der Waals surface area contributed by atoms with Gasteiger partial charge in [0, 0.05) is 0 Å². The number of rotatable bonds is 0. The zero-order valence-electron chi connectivity index (χ0n) is 7.22. The first-order valence-electron chi connectivity index (χ1n) is 4.50.